The van der Waals surface area contributed by atoms with E-state index in [2.05, 4.69) is 18.3 Å². The first kappa shape index (κ1) is 16.7. The van der Waals surface area contributed by atoms with E-state index >= 15 is 0 Å². The number of rotatable bonds is 7. The summed E-state index contributed by atoms with van der Waals surface area (Å²) in [6.07, 6.45) is 0.884. The first-order valence-corrected chi connectivity index (χ1v) is 9.50. The number of aliphatic hydroxyl groups is 1. The third kappa shape index (κ3) is 3.85. The number of aromatic nitrogens is 1. The number of methoxy groups -OCH3 is 1. The molecule has 0 aliphatic carbocycles. The van der Waals surface area contributed by atoms with Crippen LogP contribution >= 0.6 is 23.1 Å². The number of fused-ring (bicyclic) bond motifs is 1. The second-order valence-electron chi connectivity index (χ2n) is 5.46. The maximum Gasteiger partial charge on any atom is 0.149 e. The summed E-state index contributed by atoms with van der Waals surface area (Å²) in [6, 6.07) is 6.39. The van der Waals surface area contributed by atoms with Gasteiger partial charge in [-0.25, -0.2) is 4.98 Å². The van der Waals surface area contributed by atoms with Crippen molar-refractivity contribution in [1.82, 2.24) is 4.98 Å². The lowest BCUT2D eigenvalue weighted by atomic mass is 10.2. The van der Waals surface area contributed by atoms with Gasteiger partial charge in [0.1, 0.15) is 10.1 Å². The molecule has 0 saturated carbocycles. The SMILES string of the molecule is COC(C)C1CSC(c2nc3ccc(NCCCO)cc3s2)=N1. The number of hydrogen-bond acceptors (Lipinski definition) is 7. The van der Waals surface area contributed by atoms with Crippen molar-refractivity contribution >= 4 is 44.0 Å². The number of ether oxygens (including phenoxy) is 1. The lowest BCUT2D eigenvalue weighted by Gasteiger charge is -2.12. The third-order valence-corrected chi connectivity index (χ3v) is 6.06. The van der Waals surface area contributed by atoms with Crippen molar-refractivity contribution in [2.45, 2.75) is 25.5 Å². The molecule has 2 N–H and O–H groups in total. The summed E-state index contributed by atoms with van der Waals surface area (Å²) in [5, 5.41) is 14.2. The van der Waals surface area contributed by atoms with Crippen molar-refractivity contribution in [2.24, 2.45) is 4.99 Å². The Labute approximate surface area is 144 Å². The molecule has 23 heavy (non-hydrogen) atoms. The normalized spacial score (nSPS) is 19.1. The van der Waals surface area contributed by atoms with E-state index in [1.807, 2.05) is 12.1 Å². The maximum absolute atomic E-state index is 8.85. The Morgan fingerprint density at radius 3 is 3.13 bits per heavy atom. The van der Waals surface area contributed by atoms with Gasteiger partial charge in [-0.2, -0.15) is 0 Å². The third-order valence-electron chi connectivity index (χ3n) is 3.82. The van der Waals surface area contributed by atoms with Crippen LogP contribution in [-0.4, -0.2) is 53.3 Å². The number of thioether (sulfide) groups is 1. The van der Waals surface area contributed by atoms with Crippen molar-refractivity contribution in [3.05, 3.63) is 23.2 Å². The smallest absolute Gasteiger partial charge is 0.149 e. The van der Waals surface area contributed by atoms with Gasteiger partial charge < -0.3 is 15.2 Å². The largest absolute Gasteiger partial charge is 0.396 e. The van der Waals surface area contributed by atoms with E-state index in [9.17, 15) is 0 Å². The minimum Gasteiger partial charge on any atom is -0.396 e. The molecule has 3 rings (SSSR count). The van der Waals surface area contributed by atoms with Gasteiger partial charge in [0.05, 0.1) is 22.4 Å². The molecule has 1 aliphatic heterocycles. The molecule has 2 aromatic rings. The van der Waals surface area contributed by atoms with E-state index in [1.54, 1.807) is 30.2 Å². The highest BCUT2D eigenvalue weighted by molar-refractivity contribution is 8.15. The average Bonchev–Trinajstić information content (AvgIpc) is 3.20. The molecule has 0 spiro atoms. The number of nitrogens with one attached hydrogen (secondary N) is 1. The summed E-state index contributed by atoms with van der Waals surface area (Å²) in [4.78, 5) is 9.48. The number of aliphatic imine (C=N–C) groups is 1. The summed E-state index contributed by atoms with van der Waals surface area (Å²) in [5.74, 6) is 0.953. The summed E-state index contributed by atoms with van der Waals surface area (Å²) < 4.78 is 6.53. The van der Waals surface area contributed by atoms with Gasteiger partial charge >= 0.3 is 0 Å². The van der Waals surface area contributed by atoms with Gasteiger partial charge in [0.25, 0.3) is 0 Å². The molecule has 2 unspecified atom stereocenters. The standard InChI is InChI=1S/C16H21N3O2S2/c1-10(21-2)13-9-22-15(19-13)16-18-12-5-4-11(8-14(12)23-16)17-6-3-7-20/h4-5,8,10,13,17,20H,3,6-7,9H2,1-2H3. The molecule has 1 aromatic carbocycles. The van der Waals surface area contributed by atoms with Crippen LogP contribution in [0.15, 0.2) is 23.2 Å². The Morgan fingerprint density at radius 1 is 1.48 bits per heavy atom. The predicted molar refractivity (Wildman–Crippen MR) is 99.1 cm³/mol. The van der Waals surface area contributed by atoms with Crippen LogP contribution in [-0.2, 0) is 4.74 Å². The highest BCUT2D eigenvalue weighted by atomic mass is 32.2. The Morgan fingerprint density at radius 2 is 2.35 bits per heavy atom. The Balaban J connectivity index is 1.78. The summed E-state index contributed by atoms with van der Waals surface area (Å²) in [6.45, 7) is 3.03. The molecular formula is C16H21N3O2S2. The first-order valence-electron chi connectivity index (χ1n) is 7.70. The van der Waals surface area contributed by atoms with Crippen LogP contribution in [0.5, 0.6) is 0 Å². The van der Waals surface area contributed by atoms with Gasteiger partial charge in [-0.15, -0.1) is 23.1 Å². The molecule has 7 heteroatoms. The van der Waals surface area contributed by atoms with Crippen LogP contribution in [0.2, 0.25) is 0 Å². The van der Waals surface area contributed by atoms with Crippen molar-refractivity contribution in [3.8, 4) is 0 Å². The summed E-state index contributed by atoms with van der Waals surface area (Å²) in [7, 11) is 1.73. The van der Waals surface area contributed by atoms with Gasteiger partial charge in [0.15, 0.2) is 0 Å². The maximum atomic E-state index is 8.85. The minimum absolute atomic E-state index is 0.136. The number of thiazole rings is 1. The number of hydrogen-bond donors (Lipinski definition) is 2. The van der Waals surface area contributed by atoms with E-state index in [1.165, 1.54) is 0 Å². The van der Waals surface area contributed by atoms with Crippen LogP contribution in [0.25, 0.3) is 10.2 Å². The lowest BCUT2D eigenvalue weighted by molar-refractivity contribution is 0.103. The molecule has 1 aliphatic rings. The summed E-state index contributed by atoms with van der Waals surface area (Å²) in [5.41, 5.74) is 2.07. The van der Waals surface area contributed by atoms with E-state index in [-0.39, 0.29) is 18.8 Å². The zero-order valence-corrected chi connectivity index (χ0v) is 14.9. The van der Waals surface area contributed by atoms with E-state index in [4.69, 9.17) is 19.8 Å². The van der Waals surface area contributed by atoms with Crippen molar-refractivity contribution in [3.63, 3.8) is 0 Å². The van der Waals surface area contributed by atoms with Gasteiger partial charge in [-0.3, -0.25) is 4.99 Å². The molecule has 1 aromatic heterocycles. The van der Waals surface area contributed by atoms with Crippen LogP contribution < -0.4 is 5.32 Å². The van der Waals surface area contributed by atoms with Crippen molar-refractivity contribution < 1.29 is 9.84 Å². The van der Waals surface area contributed by atoms with E-state index in [0.717, 1.165) is 44.7 Å². The number of nitrogens with zero attached hydrogens (tertiary/aromatic N) is 2. The quantitative estimate of drug-likeness (QED) is 0.751. The molecule has 0 saturated heterocycles. The number of anilines is 1. The highest BCUT2D eigenvalue weighted by Crippen LogP contribution is 2.32. The minimum atomic E-state index is 0.136. The Kier molecular flexibility index (Phi) is 5.53. The fourth-order valence-electron chi connectivity index (χ4n) is 2.34. The molecule has 0 bridgehead atoms. The van der Waals surface area contributed by atoms with Gasteiger partial charge in [0, 0.05) is 31.7 Å². The van der Waals surface area contributed by atoms with Gasteiger partial charge in [-0.1, -0.05) is 0 Å². The molecule has 124 valence electrons. The molecule has 0 fully saturated rings. The first-order chi connectivity index (χ1) is 11.2. The number of benzene rings is 1. The van der Waals surface area contributed by atoms with E-state index in [0.29, 0.717) is 0 Å². The fraction of sp³-hybridized carbons (Fsp3) is 0.500. The Hall–Kier alpha value is -1.15. The topological polar surface area (TPSA) is 66.7 Å². The van der Waals surface area contributed by atoms with Crippen LogP contribution in [0.4, 0.5) is 5.69 Å². The molecule has 0 radical (unpaired) electrons. The monoisotopic (exact) mass is 351 g/mol. The van der Waals surface area contributed by atoms with Gasteiger partial charge in [-0.05, 0) is 31.5 Å². The second kappa shape index (κ2) is 7.61. The molecule has 2 heterocycles. The van der Waals surface area contributed by atoms with Gasteiger partial charge in [0.2, 0.25) is 0 Å². The molecule has 0 amide bonds. The van der Waals surface area contributed by atoms with Crippen molar-refractivity contribution in [1.29, 1.82) is 0 Å². The predicted octanol–water partition coefficient (Wildman–Crippen LogP) is 2.99. The highest BCUT2D eigenvalue weighted by Gasteiger charge is 2.26. The summed E-state index contributed by atoms with van der Waals surface area (Å²) >= 11 is 3.43. The average molecular weight is 351 g/mol. The van der Waals surface area contributed by atoms with Crippen molar-refractivity contribution in [2.75, 3.05) is 31.3 Å². The van der Waals surface area contributed by atoms with Crippen LogP contribution in [0.3, 0.4) is 0 Å². The molecular weight excluding hydrogens is 330 g/mol. The zero-order chi connectivity index (χ0) is 16.2. The molecule has 5 nitrogen and oxygen atoms in total. The Bertz CT molecular complexity index is 702. The zero-order valence-electron chi connectivity index (χ0n) is 13.3. The van der Waals surface area contributed by atoms with Crippen LogP contribution in [0.1, 0.15) is 18.4 Å². The fourth-order valence-corrected chi connectivity index (χ4v) is 4.59. The second-order valence-corrected chi connectivity index (χ2v) is 7.50. The van der Waals surface area contributed by atoms with Crippen LogP contribution in [0, 0.1) is 0 Å². The number of aliphatic hydroxyl groups excluding tert-OH is 1. The molecule has 2 atom stereocenters. The lowest BCUT2D eigenvalue weighted by Crippen LogP contribution is -2.23. The van der Waals surface area contributed by atoms with E-state index < -0.39 is 0 Å².